The molecule has 3 rings (SSSR count). The number of carbonyl (C=O) groups excluding carboxylic acids is 1. The number of hydrogen-bond acceptors (Lipinski definition) is 5. The van der Waals surface area contributed by atoms with Gasteiger partial charge in [0, 0.05) is 24.9 Å². The number of hydrogen-bond donors (Lipinski definition) is 2. The van der Waals surface area contributed by atoms with Crippen LogP contribution in [-0.2, 0) is 21.3 Å². The lowest BCUT2D eigenvalue weighted by molar-refractivity contribution is 0.0857. The highest BCUT2D eigenvalue weighted by Gasteiger charge is 2.18. The van der Waals surface area contributed by atoms with Crippen molar-refractivity contribution >= 4 is 15.9 Å². The van der Waals surface area contributed by atoms with Crippen molar-refractivity contribution in [2.75, 3.05) is 13.2 Å². The second-order valence-corrected chi connectivity index (χ2v) is 7.78. The molecule has 0 spiro atoms. The Bertz CT molecular complexity index is 832. The number of sulfonamides is 1. The second-order valence-electron chi connectivity index (χ2n) is 6.02. The first-order chi connectivity index (χ1) is 12.5. The highest BCUT2D eigenvalue weighted by atomic mass is 32.2. The third-order valence-electron chi connectivity index (χ3n) is 4.11. The van der Waals surface area contributed by atoms with E-state index in [9.17, 15) is 13.2 Å². The molecule has 0 aliphatic carbocycles. The number of nitrogens with one attached hydrogen (secondary N) is 2. The topological polar surface area (TPSA) is 97.4 Å². The van der Waals surface area contributed by atoms with Gasteiger partial charge >= 0.3 is 0 Å². The zero-order valence-corrected chi connectivity index (χ0v) is 15.0. The number of nitrogens with zero attached hydrogens (tertiary/aromatic N) is 1. The van der Waals surface area contributed by atoms with Crippen LogP contribution in [0.3, 0.4) is 0 Å². The minimum absolute atomic E-state index is 0.0643. The molecule has 1 aliphatic rings. The summed E-state index contributed by atoms with van der Waals surface area (Å²) in [5.41, 5.74) is 1.04. The molecule has 1 aromatic heterocycles. The quantitative estimate of drug-likeness (QED) is 0.764. The first-order valence-corrected chi connectivity index (χ1v) is 9.92. The van der Waals surface area contributed by atoms with Crippen molar-refractivity contribution in [1.29, 1.82) is 0 Å². The van der Waals surface area contributed by atoms with Crippen LogP contribution in [0.4, 0.5) is 0 Å². The van der Waals surface area contributed by atoms with Gasteiger partial charge in [-0.15, -0.1) is 0 Å². The minimum Gasteiger partial charge on any atom is -0.376 e. The van der Waals surface area contributed by atoms with Crippen LogP contribution in [-0.4, -0.2) is 38.6 Å². The molecule has 138 valence electrons. The monoisotopic (exact) mass is 375 g/mol. The number of benzene rings is 1. The molecule has 0 saturated carbocycles. The van der Waals surface area contributed by atoms with Crippen LogP contribution in [0.1, 0.15) is 28.9 Å². The molecular formula is C18H21N3O4S. The Morgan fingerprint density at radius 3 is 2.65 bits per heavy atom. The Morgan fingerprint density at radius 2 is 2.00 bits per heavy atom. The van der Waals surface area contributed by atoms with Crippen LogP contribution in [0.2, 0.25) is 0 Å². The van der Waals surface area contributed by atoms with Gasteiger partial charge in [0.25, 0.3) is 5.91 Å². The van der Waals surface area contributed by atoms with Crippen LogP contribution in [0.5, 0.6) is 0 Å². The molecule has 1 aliphatic heterocycles. The Morgan fingerprint density at radius 1 is 1.19 bits per heavy atom. The SMILES string of the molecule is O=C(NCC1CCCO1)c1ccc(S(=O)(=O)NCc2ccccn2)cc1. The number of aromatic nitrogens is 1. The van der Waals surface area contributed by atoms with Crippen LogP contribution in [0, 0.1) is 0 Å². The Balaban J connectivity index is 1.57. The average Bonchev–Trinajstić information content (AvgIpc) is 3.19. The summed E-state index contributed by atoms with van der Waals surface area (Å²) in [6, 6.07) is 11.1. The van der Waals surface area contributed by atoms with Crippen LogP contribution in [0.25, 0.3) is 0 Å². The lowest BCUT2D eigenvalue weighted by atomic mass is 10.2. The molecule has 1 unspecified atom stereocenters. The van der Waals surface area contributed by atoms with E-state index in [1.54, 1.807) is 24.4 Å². The fourth-order valence-corrected chi connectivity index (χ4v) is 3.65. The van der Waals surface area contributed by atoms with Gasteiger partial charge in [0.2, 0.25) is 10.0 Å². The van der Waals surface area contributed by atoms with Gasteiger partial charge in [-0.1, -0.05) is 6.07 Å². The molecule has 8 heteroatoms. The summed E-state index contributed by atoms with van der Waals surface area (Å²) in [5.74, 6) is -0.245. The van der Waals surface area contributed by atoms with Gasteiger partial charge in [0.15, 0.2) is 0 Å². The van der Waals surface area contributed by atoms with E-state index in [4.69, 9.17) is 4.74 Å². The van der Waals surface area contributed by atoms with Crippen molar-refractivity contribution in [3.05, 3.63) is 59.9 Å². The molecule has 2 aromatic rings. The molecular weight excluding hydrogens is 354 g/mol. The predicted molar refractivity (Wildman–Crippen MR) is 96.0 cm³/mol. The first-order valence-electron chi connectivity index (χ1n) is 8.44. The van der Waals surface area contributed by atoms with Gasteiger partial charge in [0.05, 0.1) is 23.2 Å². The summed E-state index contributed by atoms with van der Waals surface area (Å²) < 4.78 is 32.6. The molecule has 0 radical (unpaired) electrons. The van der Waals surface area contributed by atoms with Gasteiger partial charge in [-0.3, -0.25) is 9.78 Å². The molecule has 1 saturated heterocycles. The fraction of sp³-hybridized carbons (Fsp3) is 0.333. The van der Waals surface area contributed by atoms with E-state index in [2.05, 4.69) is 15.0 Å². The zero-order chi connectivity index (χ0) is 18.4. The number of carbonyl (C=O) groups is 1. The van der Waals surface area contributed by atoms with Gasteiger partial charge < -0.3 is 10.1 Å². The summed E-state index contributed by atoms with van der Waals surface area (Å²) in [4.78, 5) is 16.3. The van der Waals surface area contributed by atoms with E-state index < -0.39 is 10.0 Å². The predicted octanol–water partition coefficient (Wildman–Crippen LogP) is 1.47. The summed E-state index contributed by atoms with van der Waals surface area (Å²) >= 11 is 0. The Kier molecular flexibility index (Phi) is 5.97. The molecule has 0 bridgehead atoms. The summed E-state index contributed by atoms with van der Waals surface area (Å²) in [6.45, 7) is 1.30. The number of rotatable bonds is 7. The molecule has 26 heavy (non-hydrogen) atoms. The second kappa shape index (κ2) is 8.39. The minimum atomic E-state index is -3.67. The van der Waals surface area contributed by atoms with E-state index in [-0.39, 0.29) is 23.5 Å². The van der Waals surface area contributed by atoms with Gasteiger partial charge in [0.1, 0.15) is 0 Å². The Hall–Kier alpha value is -2.29. The van der Waals surface area contributed by atoms with Crippen molar-refractivity contribution < 1.29 is 17.9 Å². The number of amides is 1. The van der Waals surface area contributed by atoms with Crippen LogP contribution < -0.4 is 10.0 Å². The number of ether oxygens (including phenoxy) is 1. The van der Waals surface area contributed by atoms with Crippen LogP contribution in [0.15, 0.2) is 53.6 Å². The molecule has 1 atom stereocenters. The average molecular weight is 375 g/mol. The summed E-state index contributed by atoms with van der Waals surface area (Å²) in [5, 5.41) is 2.81. The maximum Gasteiger partial charge on any atom is 0.251 e. The van der Waals surface area contributed by atoms with Crippen molar-refractivity contribution in [2.45, 2.75) is 30.4 Å². The van der Waals surface area contributed by atoms with E-state index in [0.29, 0.717) is 17.8 Å². The van der Waals surface area contributed by atoms with Gasteiger partial charge in [-0.25, -0.2) is 13.1 Å². The smallest absolute Gasteiger partial charge is 0.251 e. The number of pyridine rings is 1. The van der Waals surface area contributed by atoms with E-state index in [1.165, 1.54) is 24.3 Å². The third-order valence-corrected chi connectivity index (χ3v) is 5.53. The lowest BCUT2D eigenvalue weighted by Gasteiger charge is -2.11. The third kappa shape index (κ3) is 4.87. The van der Waals surface area contributed by atoms with Crippen LogP contribution >= 0.6 is 0 Å². The van der Waals surface area contributed by atoms with Gasteiger partial charge in [-0.2, -0.15) is 0 Å². The molecule has 1 fully saturated rings. The van der Waals surface area contributed by atoms with Crippen molar-refractivity contribution in [2.24, 2.45) is 0 Å². The molecule has 2 N–H and O–H groups in total. The van der Waals surface area contributed by atoms with Crippen molar-refractivity contribution in [1.82, 2.24) is 15.0 Å². The Labute approximate surface area is 152 Å². The first kappa shape index (κ1) is 18.5. The standard InChI is InChI=1S/C18H21N3O4S/c22-18(20-13-16-5-3-11-25-16)14-6-8-17(9-7-14)26(23,24)21-12-15-4-1-2-10-19-15/h1-2,4,6-10,16,21H,3,5,11-13H2,(H,20,22). The van der Waals surface area contributed by atoms with Gasteiger partial charge in [-0.05, 0) is 49.2 Å². The van der Waals surface area contributed by atoms with E-state index in [1.807, 2.05) is 0 Å². The maximum absolute atomic E-state index is 12.3. The fourth-order valence-electron chi connectivity index (χ4n) is 2.65. The maximum atomic E-state index is 12.3. The van der Waals surface area contributed by atoms with Crippen molar-refractivity contribution in [3.63, 3.8) is 0 Å². The highest BCUT2D eigenvalue weighted by Crippen LogP contribution is 2.13. The van der Waals surface area contributed by atoms with E-state index >= 15 is 0 Å². The van der Waals surface area contributed by atoms with Crippen molar-refractivity contribution in [3.8, 4) is 0 Å². The zero-order valence-electron chi connectivity index (χ0n) is 14.2. The summed E-state index contributed by atoms with van der Waals surface area (Å²) in [6.07, 6.45) is 3.63. The largest absolute Gasteiger partial charge is 0.376 e. The summed E-state index contributed by atoms with van der Waals surface area (Å²) in [7, 11) is -3.67. The lowest BCUT2D eigenvalue weighted by Crippen LogP contribution is -2.31. The molecule has 7 nitrogen and oxygen atoms in total. The normalized spacial score (nSPS) is 17.2. The molecule has 1 amide bonds. The highest BCUT2D eigenvalue weighted by molar-refractivity contribution is 7.89. The molecule has 1 aromatic carbocycles. The molecule has 2 heterocycles. The van der Waals surface area contributed by atoms with E-state index in [0.717, 1.165) is 19.4 Å².